The average molecular weight is 380 g/mol. The standard InChI is InChI=1S/C19H16N4OS2/c1-23-18(24)16-11-6-2-5-9-14(11)25-17(16)22-19(23)26-15-10-20-12-7-3-4-8-13(12)21-15/h3-4,7-8,10H,2,5-6,9H2,1H3. The molecule has 0 fully saturated rings. The first-order valence-corrected chi connectivity index (χ1v) is 10.2. The molecule has 26 heavy (non-hydrogen) atoms. The Hall–Kier alpha value is -2.25. The Morgan fingerprint density at radius 3 is 2.81 bits per heavy atom. The summed E-state index contributed by atoms with van der Waals surface area (Å²) < 4.78 is 1.64. The van der Waals surface area contributed by atoms with E-state index in [-0.39, 0.29) is 5.56 Å². The summed E-state index contributed by atoms with van der Waals surface area (Å²) in [6.45, 7) is 0. The highest BCUT2D eigenvalue weighted by Crippen LogP contribution is 2.35. The molecule has 5 nitrogen and oxygen atoms in total. The number of fused-ring (bicyclic) bond motifs is 4. The summed E-state index contributed by atoms with van der Waals surface area (Å²) in [7, 11) is 1.79. The molecule has 0 radical (unpaired) electrons. The number of hydrogen-bond donors (Lipinski definition) is 0. The first kappa shape index (κ1) is 16.0. The highest BCUT2D eigenvalue weighted by atomic mass is 32.2. The van der Waals surface area contributed by atoms with E-state index in [2.05, 4.69) is 9.97 Å². The van der Waals surface area contributed by atoms with E-state index >= 15 is 0 Å². The summed E-state index contributed by atoms with van der Waals surface area (Å²) in [5, 5.41) is 2.22. The van der Waals surface area contributed by atoms with E-state index in [1.807, 2.05) is 24.3 Å². The van der Waals surface area contributed by atoms with Crippen molar-refractivity contribution < 1.29 is 0 Å². The number of thiophene rings is 1. The summed E-state index contributed by atoms with van der Waals surface area (Å²) >= 11 is 3.06. The molecule has 0 amide bonds. The number of hydrogen-bond acceptors (Lipinski definition) is 6. The molecule has 0 spiro atoms. The first-order chi connectivity index (χ1) is 12.7. The van der Waals surface area contributed by atoms with Crippen LogP contribution >= 0.6 is 23.1 Å². The molecule has 5 rings (SSSR count). The third kappa shape index (κ3) is 2.54. The van der Waals surface area contributed by atoms with E-state index < -0.39 is 0 Å². The van der Waals surface area contributed by atoms with Crippen LogP contribution in [0.25, 0.3) is 21.3 Å². The van der Waals surface area contributed by atoms with E-state index in [4.69, 9.17) is 4.98 Å². The lowest BCUT2D eigenvalue weighted by Gasteiger charge is -2.10. The molecule has 0 bridgehead atoms. The lowest BCUT2D eigenvalue weighted by molar-refractivity contribution is 0.695. The zero-order valence-electron chi connectivity index (χ0n) is 14.2. The van der Waals surface area contributed by atoms with Gasteiger partial charge in [0.15, 0.2) is 5.16 Å². The van der Waals surface area contributed by atoms with Gasteiger partial charge in [-0.2, -0.15) is 0 Å². The van der Waals surface area contributed by atoms with Crippen molar-refractivity contribution in [3.8, 4) is 0 Å². The summed E-state index contributed by atoms with van der Waals surface area (Å²) in [6, 6.07) is 7.77. The second kappa shape index (κ2) is 6.17. The number of aromatic nitrogens is 4. The maximum Gasteiger partial charge on any atom is 0.262 e. The minimum absolute atomic E-state index is 0.0469. The second-order valence-electron chi connectivity index (χ2n) is 6.45. The molecule has 7 heteroatoms. The van der Waals surface area contributed by atoms with Gasteiger partial charge in [0.05, 0.1) is 22.6 Å². The van der Waals surface area contributed by atoms with Gasteiger partial charge < -0.3 is 0 Å². The normalized spacial score (nSPS) is 14.0. The van der Waals surface area contributed by atoms with E-state index in [0.717, 1.165) is 45.5 Å². The average Bonchev–Trinajstić information content (AvgIpc) is 3.04. The zero-order chi connectivity index (χ0) is 17.7. The van der Waals surface area contributed by atoms with Crippen molar-refractivity contribution in [2.24, 2.45) is 7.05 Å². The fourth-order valence-electron chi connectivity index (χ4n) is 3.44. The number of para-hydroxylation sites is 2. The summed E-state index contributed by atoms with van der Waals surface area (Å²) in [6.07, 6.45) is 6.16. The molecule has 1 aliphatic rings. The quantitative estimate of drug-likeness (QED) is 0.493. The minimum Gasteiger partial charge on any atom is -0.290 e. The van der Waals surface area contributed by atoms with E-state index in [0.29, 0.717) is 5.16 Å². The summed E-state index contributed by atoms with van der Waals surface area (Å²) in [5.74, 6) is 0. The minimum atomic E-state index is 0.0469. The Bertz CT molecular complexity index is 1210. The van der Waals surface area contributed by atoms with E-state index in [1.54, 1.807) is 29.1 Å². The van der Waals surface area contributed by atoms with E-state index in [1.165, 1.54) is 28.6 Å². The molecule has 0 saturated heterocycles. The molecule has 0 unspecified atom stereocenters. The van der Waals surface area contributed by atoms with Gasteiger partial charge in [0.1, 0.15) is 9.86 Å². The lowest BCUT2D eigenvalue weighted by atomic mass is 9.97. The fourth-order valence-corrected chi connectivity index (χ4v) is 5.54. The van der Waals surface area contributed by atoms with Crippen molar-refractivity contribution in [3.63, 3.8) is 0 Å². The summed E-state index contributed by atoms with van der Waals surface area (Å²) in [5.41, 5.74) is 2.98. The van der Waals surface area contributed by atoms with Crippen LogP contribution in [0.3, 0.4) is 0 Å². The molecule has 1 aliphatic carbocycles. The van der Waals surface area contributed by atoms with Crippen LogP contribution in [0.1, 0.15) is 23.3 Å². The van der Waals surface area contributed by atoms with Crippen LogP contribution in [0.15, 0.2) is 45.4 Å². The predicted molar refractivity (Wildman–Crippen MR) is 105 cm³/mol. The third-order valence-electron chi connectivity index (χ3n) is 4.78. The highest BCUT2D eigenvalue weighted by molar-refractivity contribution is 7.99. The molecule has 1 aromatic carbocycles. The van der Waals surface area contributed by atoms with Crippen molar-refractivity contribution in [1.29, 1.82) is 0 Å². The second-order valence-corrected chi connectivity index (χ2v) is 8.52. The fraction of sp³-hybridized carbons (Fsp3) is 0.263. The van der Waals surface area contributed by atoms with Crippen LogP contribution in [-0.4, -0.2) is 19.5 Å². The van der Waals surface area contributed by atoms with Crippen LogP contribution in [0.2, 0.25) is 0 Å². The molecular formula is C19H16N4OS2. The Labute approximate surface area is 158 Å². The number of nitrogens with zero attached hydrogens (tertiary/aromatic N) is 4. The Balaban J connectivity index is 1.62. The Morgan fingerprint density at radius 2 is 1.92 bits per heavy atom. The van der Waals surface area contributed by atoms with E-state index in [9.17, 15) is 4.79 Å². The van der Waals surface area contributed by atoms with Crippen LogP contribution in [0.5, 0.6) is 0 Å². The third-order valence-corrected chi connectivity index (χ3v) is 6.92. The first-order valence-electron chi connectivity index (χ1n) is 8.61. The van der Waals surface area contributed by atoms with Gasteiger partial charge in [-0.3, -0.25) is 14.3 Å². The Kier molecular flexibility index (Phi) is 3.79. The van der Waals surface area contributed by atoms with Crippen LogP contribution in [0, 0.1) is 0 Å². The lowest BCUT2D eigenvalue weighted by Crippen LogP contribution is -2.20. The Morgan fingerprint density at radius 1 is 1.12 bits per heavy atom. The van der Waals surface area contributed by atoms with Gasteiger partial charge in [0, 0.05) is 11.9 Å². The molecule has 3 heterocycles. The van der Waals surface area contributed by atoms with Crippen molar-refractivity contribution in [2.45, 2.75) is 35.9 Å². The van der Waals surface area contributed by atoms with Gasteiger partial charge in [0.25, 0.3) is 5.56 Å². The largest absolute Gasteiger partial charge is 0.290 e. The van der Waals surface area contributed by atoms with Crippen LogP contribution < -0.4 is 5.56 Å². The molecule has 0 aliphatic heterocycles. The zero-order valence-corrected chi connectivity index (χ0v) is 15.9. The van der Waals surface area contributed by atoms with Crippen molar-refractivity contribution in [3.05, 3.63) is 51.3 Å². The van der Waals surface area contributed by atoms with Gasteiger partial charge in [-0.25, -0.2) is 9.97 Å². The molecule has 0 atom stereocenters. The highest BCUT2D eigenvalue weighted by Gasteiger charge is 2.21. The van der Waals surface area contributed by atoms with Gasteiger partial charge in [-0.05, 0) is 55.1 Å². The summed E-state index contributed by atoms with van der Waals surface area (Å²) in [4.78, 5) is 29.0. The van der Waals surface area contributed by atoms with Crippen molar-refractivity contribution in [2.75, 3.05) is 0 Å². The molecular weight excluding hydrogens is 364 g/mol. The maximum atomic E-state index is 13.0. The van der Waals surface area contributed by atoms with Gasteiger partial charge in [-0.15, -0.1) is 11.3 Å². The number of aryl methyl sites for hydroxylation is 2. The number of benzene rings is 1. The maximum absolute atomic E-state index is 13.0. The molecule has 3 aromatic heterocycles. The van der Waals surface area contributed by atoms with Gasteiger partial charge in [-0.1, -0.05) is 12.1 Å². The molecule has 0 saturated carbocycles. The number of rotatable bonds is 2. The molecule has 130 valence electrons. The SMILES string of the molecule is Cn1c(Sc2cnc3ccccc3n2)nc2sc3c(c2c1=O)CCCC3. The van der Waals surface area contributed by atoms with Crippen molar-refractivity contribution in [1.82, 2.24) is 19.5 Å². The van der Waals surface area contributed by atoms with Crippen LogP contribution in [0.4, 0.5) is 0 Å². The van der Waals surface area contributed by atoms with Crippen molar-refractivity contribution >= 4 is 44.3 Å². The predicted octanol–water partition coefficient (Wildman–Crippen LogP) is 3.97. The topological polar surface area (TPSA) is 60.7 Å². The van der Waals surface area contributed by atoms with Gasteiger partial charge >= 0.3 is 0 Å². The molecule has 0 N–H and O–H groups in total. The monoisotopic (exact) mass is 380 g/mol. The molecule has 4 aromatic rings. The van der Waals surface area contributed by atoms with Gasteiger partial charge in [0.2, 0.25) is 0 Å². The van der Waals surface area contributed by atoms with Crippen LogP contribution in [-0.2, 0) is 19.9 Å². The smallest absolute Gasteiger partial charge is 0.262 e.